The van der Waals surface area contributed by atoms with E-state index in [-0.39, 0.29) is 18.9 Å². The number of carbonyl (C=O) groups is 1. The lowest BCUT2D eigenvalue weighted by molar-refractivity contribution is 0.173. The molecule has 0 fully saturated rings. The molecule has 4 aromatic rings. The molecule has 1 unspecified atom stereocenters. The molecule has 37 heavy (non-hydrogen) atoms. The number of hydrazone groups is 1. The molecule has 2 amide bonds. The third-order valence-electron chi connectivity index (χ3n) is 6.16. The molecule has 7 nitrogen and oxygen atoms in total. The number of hydrogen-bond donors (Lipinski definition) is 1. The van der Waals surface area contributed by atoms with Gasteiger partial charge in [0.15, 0.2) is 11.5 Å². The second kappa shape index (κ2) is 9.87. The van der Waals surface area contributed by atoms with Gasteiger partial charge in [-0.2, -0.15) is 5.10 Å². The van der Waals surface area contributed by atoms with Gasteiger partial charge in [0.25, 0.3) is 0 Å². The van der Waals surface area contributed by atoms with Crippen molar-refractivity contribution in [1.29, 1.82) is 0 Å². The molecule has 0 radical (unpaired) electrons. The van der Waals surface area contributed by atoms with Crippen molar-refractivity contribution in [3.63, 3.8) is 0 Å². The monoisotopic (exact) mass is 511 g/mol. The van der Waals surface area contributed by atoms with E-state index in [0.717, 1.165) is 22.6 Å². The number of rotatable bonds is 5. The van der Waals surface area contributed by atoms with Crippen LogP contribution in [0, 0.1) is 0 Å². The van der Waals surface area contributed by atoms with Gasteiger partial charge in [0.1, 0.15) is 11.5 Å². The number of hydrogen-bond acceptors (Lipinski definition) is 5. The molecule has 0 saturated carbocycles. The molecule has 0 bridgehead atoms. The maximum Gasteiger partial charge on any atom is 0.342 e. The zero-order valence-corrected chi connectivity index (χ0v) is 20.4. The summed E-state index contributed by atoms with van der Waals surface area (Å²) in [4.78, 5) is 13.4. The molecule has 2 heterocycles. The topological polar surface area (TPSA) is 72.4 Å². The van der Waals surface area contributed by atoms with Crippen molar-refractivity contribution in [3.05, 3.63) is 113 Å². The van der Waals surface area contributed by atoms with Crippen LogP contribution in [0.2, 0.25) is 5.02 Å². The van der Waals surface area contributed by atoms with Crippen LogP contribution in [0.1, 0.15) is 23.6 Å². The van der Waals surface area contributed by atoms with Crippen molar-refractivity contribution in [2.75, 3.05) is 12.1 Å². The van der Waals surface area contributed by atoms with Gasteiger partial charge in [0.05, 0.1) is 11.8 Å². The Morgan fingerprint density at radius 3 is 2.41 bits per heavy atom. The average Bonchev–Trinajstić information content (AvgIpc) is 3.58. The summed E-state index contributed by atoms with van der Waals surface area (Å²) < 4.78 is 16.9. The summed E-state index contributed by atoms with van der Waals surface area (Å²) in [7, 11) is 0. The number of para-hydroxylation sites is 1. The number of ether oxygens (including phenoxy) is 3. The van der Waals surface area contributed by atoms with Crippen LogP contribution in [0.5, 0.6) is 23.0 Å². The first-order valence-electron chi connectivity index (χ1n) is 11.8. The highest BCUT2D eigenvalue weighted by Gasteiger charge is 2.34. The van der Waals surface area contributed by atoms with Crippen LogP contribution in [0.4, 0.5) is 10.5 Å². The summed E-state index contributed by atoms with van der Waals surface area (Å²) in [6.45, 7) is 0.185. The van der Waals surface area contributed by atoms with Crippen LogP contribution in [0.25, 0.3) is 0 Å². The predicted octanol–water partition coefficient (Wildman–Crippen LogP) is 7.24. The standard InChI is InChI=1S/C29H22ClN3O4/c30-21-9-6-19(7-10-21)25-17-26(20-8-15-27-28(16-20)36-18-35-27)33(32-25)29(34)31-22-11-13-24(14-12-22)37-23-4-2-1-3-5-23/h1-16,26H,17-18H2,(H,31,34). The maximum atomic E-state index is 13.4. The van der Waals surface area contributed by atoms with Crippen LogP contribution >= 0.6 is 11.6 Å². The fourth-order valence-corrected chi connectivity index (χ4v) is 4.43. The molecule has 0 aliphatic carbocycles. The van der Waals surface area contributed by atoms with Gasteiger partial charge in [0, 0.05) is 17.1 Å². The Hall–Kier alpha value is -4.49. The van der Waals surface area contributed by atoms with Crippen molar-refractivity contribution in [2.45, 2.75) is 12.5 Å². The lowest BCUT2D eigenvalue weighted by atomic mass is 9.98. The first kappa shape index (κ1) is 22.9. The number of halogens is 1. The number of fused-ring (bicyclic) bond motifs is 1. The van der Waals surface area contributed by atoms with Crippen LogP contribution in [-0.4, -0.2) is 23.5 Å². The lowest BCUT2D eigenvalue weighted by Crippen LogP contribution is -2.31. The molecular weight excluding hydrogens is 490 g/mol. The lowest BCUT2D eigenvalue weighted by Gasteiger charge is -2.22. The van der Waals surface area contributed by atoms with E-state index in [1.54, 1.807) is 12.1 Å². The third kappa shape index (κ3) is 4.94. The molecule has 184 valence electrons. The summed E-state index contributed by atoms with van der Waals surface area (Å²) in [5, 5.41) is 9.79. The maximum absolute atomic E-state index is 13.4. The molecule has 2 aliphatic rings. The van der Waals surface area contributed by atoms with E-state index in [4.69, 9.17) is 30.9 Å². The molecule has 4 aromatic carbocycles. The van der Waals surface area contributed by atoms with Gasteiger partial charge in [-0.3, -0.25) is 0 Å². The van der Waals surface area contributed by atoms with E-state index in [1.807, 2.05) is 84.9 Å². The number of amides is 2. The number of anilines is 1. The van der Waals surface area contributed by atoms with Gasteiger partial charge in [-0.05, 0) is 71.8 Å². The fraction of sp³-hybridized carbons (Fsp3) is 0.103. The highest BCUT2D eigenvalue weighted by Crippen LogP contribution is 2.39. The molecule has 0 spiro atoms. The van der Waals surface area contributed by atoms with E-state index in [0.29, 0.717) is 34.4 Å². The van der Waals surface area contributed by atoms with Crippen LogP contribution in [0.3, 0.4) is 0 Å². The van der Waals surface area contributed by atoms with Gasteiger partial charge < -0.3 is 19.5 Å². The summed E-state index contributed by atoms with van der Waals surface area (Å²) in [6.07, 6.45) is 0.540. The Balaban J connectivity index is 1.24. The first-order valence-corrected chi connectivity index (χ1v) is 12.2. The Morgan fingerprint density at radius 1 is 0.892 bits per heavy atom. The number of carbonyl (C=O) groups excluding carboxylic acids is 1. The molecule has 1 N–H and O–H groups in total. The number of nitrogens with zero attached hydrogens (tertiary/aromatic N) is 2. The molecule has 6 rings (SSSR count). The minimum absolute atomic E-state index is 0.185. The third-order valence-corrected chi connectivity index (χ3v) is 6.41. The molecular formula is C29H22ClN3O4. The average molecular weight is 512 g/mol. The van der Waals surface area contributed by atoms with Gasteiger partial charge >= 0.3 is 6.03 Å². The van der Waals surface area contributed by atoms with Crippen LogP contribution in [0.15, 0.2) is 102 Å². The Morgan fingerprint density at radius 2 is 1.62 bits per heavy atom. The summed E-state index contributed by atoms with van der Waals surface area (Å²) in [5.41, 5.74) is 3.23. The zero-order valence-electron chi connectivity index (χ0n) is 19.6. The minimum Gasteiger partial charge on any atom is -0.457 e. The van der Waals surface area contributed by atoms with E-state index in [1.165, 1.54) is 5.01 Å². The largest absolute Gasteiger partial charge is 0.457 e. The highest BCUT2D eigenvalue weighted by atomic mass is 35.5. The SMILES string of the molecule is O=C(Nc1ccc(Oc2ccccc2)cc1)N1N=C(c2ccc(Cl)cc2)CC1c1ccc2c(c1)OCO2. The summed E-state index contributed by atoms with van der Waals surface area (Å²) in [5.74, 6) is 2.76. The molecule has 0 saturated heterocycles. The van der Waals surface area contributed by atoms with E-state index in [2.05, 4.69) is 5.32 Å². The van der Waals surface area contributed by atoms with Crippen molar-refractivity contribution in [2.24, 2.45) is 5.10 Å². The second-order valence-corrected chi connectivity index (χ2v) is 9.04. The van der Waals surface area contributed by atoms with Crippen molar-refractivity contribution in [3.8, 4) is 23.0 Å². The molecule has 2 aliphatic heterocycles. The number of nitrogens with one attached hydrogen (secondary N) is 1. The molecule has 1 atom stereocenters. The van der Waals surface area contributed by atoms with Crippen molar-refractivity contribution < 1.29 is 19.0 Å². The number of benzene rings is 4. The second-order valence-electron chi connectivity index (χ2n) is 8.60. The predicted molar refractivity (Wildman–Crippen MR) is 142 cm³/mol. The Kier molecular flexibility index (Phi) is 6.12. The van der Waals surface area contributed by atoms with Gasteiger partial charge in [-0.15, -0.1) is 0 Å². The minimum atomic E-state index is -0.344. The smallest absolute Gasteiger partial charge is 0.342 e. The molecule has 0 aromatic heterocycles. The van der Waals surface area contributed by atoms with E-state index in [9.17, 15) is 4.79 Å². The summed E-state index contributed by atoms with van der Waals surface area (Å²) in [6, 6.07) is 29.2. The van der Waals surface area contributed by atoms with Crippen LogP contribution in [-0.2, 0) is 0 Å². The highest BCUT2D eigenvalue weighted by molar-refractivity contribution is 6.30. The quantitative estimate of drug-likeness (QED) is 0.306. The van der Waals surface area contributed by atoms with Crippen LogP contribution < -0.4 is 19.5 Å². The Labute approximate surface area is 218 Å². The molecule has 8 heteroatoms. The van der Waals surface area contributed by atoms with Gasteiger partial charge in [-0.25, -0.2) is 9.80 Å². The van der Waals surface area contributed by atoms with Gasteiger partial charge in [0.2, 0.25) is 6.79 Å². The normalized spacial score (nSPS) is 15.9. The fourth-order valence-electron chi connectivity index (χ4n) is 4.31. The summed E-state index contributed by atoms with van der Waals surface area (Å²) >= 11 is 6.07. The number of urea groups is 1. The van der Waals surface area contributed by atoms with Crippen molar-refractivity contribution >= 4 is 29.0 Å². The Bertz CT molecular complexity index is 1460. The zero-order chi connectivity index (χ0) is 25.2. The first-order chi connectivity index (χ1) is 18.1. The van der Waals surface area contributed by atoms with Crippen molar-refractivity contribution in [1.82, 2.24) is 5.01 Å². The van der Waals surface area contributed by atoms with E-state index < -0.39 is 0 Å². The van der Waals surface area contributed by atoms with Gasteiger partial charge in [-0.1, -0.05) is 48.0 Å². The van der Waals surface area contributed by atoms with E-state index >= 15 is 0 Å².